The molecule has 6 heteroatoms. The molecule has 4 nitrogen and oxygen atoms in total. The van der Waals surface area contributed by atoms with Crippen molar-refractivity contribution in [1.29, 1.82) is 0 Å². The van der Waals surface area contributed by atoms with Gasteiger partial charge in [-0.2, -0.15) is 0 Å². The molecule has 0 aliphatic rings. The molecule has 2 rings (SSSR count). The van der Waals surface area contributed by atoms with E-state index in [1.54, 1.807) is 18.9 Å². The molecule has 0 radical (unpaired) electrons. The summed E-state index contributed by atoms with van der Waals surface area (Å²) in [6, 6.07) is 15.6. The summed E-state index contributed by atoms with van der Waals surface area (Å²) in [5, 5.41) is 2.94. The van der Waals surface area contributed by atoms with Gasteiger partial charge in [-0.05, 0) is 42.3 Å². The molecule has 0 saturated carbocycles. The SMILES string of the molecule is COc1ccc(CCNC(=O)CSCCOc2cccc(Br)c2)cc1. The first-order valence-electron chi connectivity index (χ1n) is 8.03. The van der Waals surface area contributed by atoms with Gasteiger partial charge in [-0.3, -0.25) is 4.79 Å². The van der Waals surface area contributed by atoms with Crippen molar-refractivity contribution in [2.75, 3.05) is 31.8 Å². The van der Waals surface area contributed by atoms with E-state index in [2.05, 4.69) is 21.2 Å². The van der Waals surface area contributed by atoms with Crippen LogP contribution in [0.25, 0.3) is 0 Å². The van der Waals surface area contributed by atoms with Gasteiger partial charge in [0.2, 0.25) is 5.91 Å². The van der Waals surface area contributed by atoms with Crippen molar-refractivity contribution < 1.29 is 14.3 Å². The second-order valence-corrected chi connectivity index (χ2v) is 7.33. The number of halogens is 1. The van der Waals surface area contributed by atoms with Crippen LogP contribution < -0.4 is 14.8 Å². The summed E-state index contributed by atoms with van der Waals surface area (Å²) < 4.78 is 11.8. The van der Waals surface area contributed by atoms with Crippen LogP contribution in [-0.2, 0) is 11.2 Å². The number of thioether (sulfide) groups is 1. The van der Waals surface area contributed by atoms with Crippen LogP contribution in [0.3, 0.4) is 0 Å². The minimum atomic E-state index is 0.0565. The van der Waals surface area contributed by atoms with Crippen molar-refractivity contribution in [1.82, 2.24) is 5.32 Å². The lowest BCUT2D eigenvalue weighted by Gasteiger charge is -2.07. The zero-order chi connectivity index (χ0) is 17.9. The van der Waals surface area contributed by atoms with Crippen LogP contribution in [-0.4, -0.2) is 37.7 Å². The Morgan fingerprint density at radius 1 is 1.16 bits per heavy atom. The standard InChI is InChI=1S/C19H22BrNO3S/c1-23-17-7-5-15(6-8-17)9-10-21-19(22)14-25-12-11-24-18-4-2-3-16(20)13-18/h2-8,13H,9-12,14H2,1H3,(H,21,22). The van der Waals surface area contributed by atoms with Gasteiger partial charge < -0.3 is 14.8 Å². The highest BCUT2D eigenvalue weighted by Gasteiger charge is 2.02. The molecule has 0 aliphatic carbocycles. The molecule has 0 atom stereocenters. The van der Waals surface area contributed by atoms with E-state index in [0.717, 1.165) is 28.1 Å². The third-order valence-corrected chi connectivity index (χ3v) is 4.84. The molecule has 0 unspecified atom stereocenters. The van der Waals surface area contributed by atoms with E-state index in [0.29, 0.717) is 18.9 Å². The number of benzene rings is 2. The van der Waals surface area contributed by atoms with Gasteiger partial charge in [-0.1, -0.05) is 34.1 Å². The molecule has 0 saturated heterocycles. The van der Waals surface area contributed by atoms with Crippen molar-refractivity contribution >= 4 is 33.6 Å². The molecule has 0 bridgehead atoms. The number of nitrogens with one attached hydrogen (secondary N) is 1. The van der Waals surface area contributed by atoms with Gasteiger partial charge in [0.05, 0.1) is 19.5 Å². The monoisotopic (exact) mass is 423 g/mol. The van der Waals surface area contributed by atoms with Crippen LogP contribution in [0.15, 0.2) is 53.0 Å². The summed E-state index contributed by atoms with van der Waals surface area (Å²) in [6.07, 6.45) is 0.812. The number of methoxy groups -OCH3 is 1. The number of carbonyl (C=O) groups is 1. The molecular weight excluding hydrogens is 402 g/mol. The first-order valence-corrected chi connectivity index (χ1v) is 9.98. The Labute approximate surface area is 161 Å². The molecule has 0 aliphatic heterocycles. The van der Waals surface area contributed by atoms with E-state index >= 15 is 0 Å². The lowest BCUT2D eigenvalue weighted by molar-refractivity contribution is -0.118. The van der Waals surface area contributed by atoms with E-state index in [9.17, 15) is 4.79 Å². The molecule has 0 aromatic heterocycles. The minimum Gasteiger partial charge on any atom is -0.497 e. The molecule has 0 heterocycles. The molecule has 134 valence electrons. The predicted molar refractivity (Wildman–Crippen MR) is 107 cm³/mol. The largest absolute Gasteiger partial charge is 0.497 e. The average Bonchev–Trinajstić information content (AvgIpc) is 2.62. The summed E-state index contributed by atoms with van der Waals surface area (Å²) in [6.45, 7) is 1.22. The zero-order valence-electron chi connectivity index (χ0n) is 14.2. The summed E-state index contributed by atoms with van der Waals surface area (Å²) in [7, 11) is 1.65. The molecule has 0 fully saturated rings. The Hall–Kier alpha value is -1.66. The second kappa shape index (κ2) is 11.1. The van der Waals surface area contributed by atoms with Gasteiger partial charge in [-0.15, -0.1) is 11.8 Å². The summed E-state index contributed by atoms with van der Waals surface area (Å²) in [5.74, 6) is 2.96. The van der Waals surface area contributed by atoms with Crippen LogP contribution >= 0.6 is 27.7 Å². The van der Waals surface area contributed by atoms with Gasteiger partial charge >= 0.3 is 0 Å². The fraction of sp³-hybridized carbons (Fsp3) is 0.316. The number of rotatable bonds is 10. The number of hydrogen-bond donors (Lipinski definition) is 1. The average molecular weight is 424 g/mol. The molecule has 1 amide bonds. The minimum absolute atomic E-state index is 0.0565. The summed E-state index contributed by atoms with van der Waals surface area (Å²) >= 11 is 4.98. The molecule has 2 aromatic carbocycles. The smallest absolute Gasteiger partial charge is 0.230 e. The van der Waals surface area contributed by atoms with Gasteiger partial charge in [-0.25, -0.2) is 0 Å². The van der Waals surface area contributed by atoms with Crippen molar-refractivity contribution in [3.05, 3.63) is 58.6 Å². The van der Waals surface area contributed by atoms with E-state index in [-0.39, 0.29) is 5.91 Å². The van der Waals surface area contributed by atoms with Crippen molar-refractivity contribution in [2.24, 2.45) is 0 Å². The van der Waals surface area contributed by atoms with Gasteiger partial charge in [0.15, 0.2) is 0 Å². The Morgan fingerprint density at radius 2 is 1.96 bits per heavy atom. The third-order valence-electron chi connectivity index (χ3n) is 3.42. The van der Waals surface area contributed by atoms with Crippen molar-refractivity contribution in [3.63, 3.8) is 0 Å². The van der Waals surface area contributed by atoms with E-state index in [1.165, 1.54) is 5.56 Å². The van der Waals surface area contributed by atoms with E-state index in [4.69, 9.17) is 9.47 Å². The van der Waals surface area contributed by atoms with E-state index < -0.39 is 0 Å². The lowest BCUT2D eigenvalue weighted by Crippen LogP contribution is -2.27. The maximum Gasteiger partial charge on any atom is 0.230 e. The maximum atomic E-state index is 11.8. The quantitative estimate of drug-likeness (QED) is 0.588. The summed E-state index contributed by atoms with van der Waals surface area (Å²) in [5.41, 5.74) is 1.18. The molecule has 0 spiro atoms. The highest BCUT2D eigenvalue weighted by Crippen LogP contribution is 2.18. The Morgan fingerprint density at radius 3 is 2.68 bits per heavy atom. The van der Waals surface area contributed by atoms with Crippen LogP contribution in [0.2, 0.25) is 0 Å². The number of ether oxygens (including phenoxy) is 2. The first kappa shape index (κ1) is 19.7. The number of hydrogen-bond acceptors (Lipinski definition) is 4. The topological polar surface area (TPSA) is 47.6 Å². The first-order chi connectivity index (χ1) is 12.2. The van der Waals surface area contributed by atoms with Crippen molar-refractivity contribution in [3.8, 4) is 11.5 Å². The number of carbonyl (C=O) groups excluding carboxylic acids is 1. The zero-order valence-corrected chi connectivity index (χ0v) is 16.6. The van der Waals surface area contributed by atoms with Crippen LogP contribution in [0, 0.1) is 0 Å². The van der Waals surface area contributed by atoms with Crippen LogP contribution in [0.4, 0.5) is 0 Å². The highest BCUT2D eigenvalue weighted by atomic mass is 79.9. The molecule has 1 N–H and O–H groups in total. The van der Waals surface area contributed by atoms with Crippen molar-refractivity contribution in [2.45, 2.75) is 6.42 Å². The second-order valence-electron chi connectivity index (χ2n) is 5.31. The molecular formula is C19H22BrNO3S. The fourth-order valence-corrected chi connectivity index (χ4v) is 3.14. The normalized spacial score (nSPS) is 10.3. The fourth-order valence-electron chi connectivity index (χ4n) is 2.13. The van der Waals surface area contributed by atoms with Gasteiger partial charge in [0.25, 0.3) is 0 Å². The Balaban J connectivity index is 1.53. The van der Waals surface area contributed by atoms with Crippen LogP contribution in [0.1, 0.15) is 5.56 Å². The molecule has 25 heavy (non-hydrogen) atoms. The van der Waals surface area contributed by atoms with Gasteiger partial charge in [0, 0.05) is 16.8 Å². The summed E-state index contributed by atoms with van der Waals surface area (Å²) in [4.78, 5) is 11.8. The van der Waals surface area contributed by atoms with Crippen LogP contribution in [0.5, 0.6) is 11.5 Å². The predicted octanol–water partition coefficient (Wildman–Crippen LogP) is 3.93. The highest BCUT2D eigenvalue weighted by molar-refractivity contribution is 9.10. The van der Waals surface area contributed by atoms with Gasteiger partial charge in [0.1, 0.15) is 11.5 Å². The molecule has 2 aromatic rings. The Kier molecular flexibility index (Phi) is 8.69. The van der Waals surface area contributed by atoms with E-state index in [1.807, 2.05) is 48.5 Å². The maximum absolute atomic E-state index is 11.8. The lowest BCUT2D eigenvalue weighted by atomic mass is 10.1. The Bertz CT molecular complexity index is 664. The third kappa shape index (κ3) is 7.84. The number of amides is 1.